The molecule has 0 aliphatic heterocycles. The van der Waals surface area contributed by atoms with Crippen molar-refractivity contribution in [2.24, 2.45) is 11.1 Å². The van der Waals surface area contributed by atoms with Crippen molar-refractivity contribution >= 4 is 5.71 Å². The van der Waals surface area contributed by atoms with Crippen molar-refractivity contribution in [1.82, 2.24) is 0 Å². The number of aliphatic hydroxyl groups excluding tert-OH is 1. The van der Waals surface area contributed by atoms with E-state index in [1.165, 1.54) is 0 Å². The quantitative estimate of drug-likeness (QED) is 0.299. The summed E-state index contributed by atoms with van der Waals surface area (Å²) in [6, 6.07) is 9.27. The Balaban J connectivity index is 2.80. The van der Waals surface area contributed by atoms with Gasteiger partial charge >= 0.3 is 0 Å². The van der Waals surface area contributed by atoms with Gasteiger partial charge in [-0.15, -0.1) is 0 Å². The van der Waals surface area contributed by atoms with E-state index in [0.29, 0.717) is 12.3 Å². The number of ether oxygens (including phenoxy) is 1. The second kappa shape index (κ2) is 10.4. The van der Waals surface area contributed by atoms with Crippen LogP contribution in [-0.4, -0.2) is 34.8 Å². The summed E-state index contributed by atoms with van der Waals surface area (Å²) in [5.74, 6) is -0.136. The van der Waals surface area contributed by atoms with Crippen LogP contribution in [0.4, 0.5) is 0 Å². The first-order chi connectivity index (χ1) is 10.7. The van der Waals surface area contributed by atoms with Crippen molar-refractivity contribution in [3.8, 4) is 0 Å². The van der Waals surface area contributed by atoms with E-state index in [9.17, 15) is 10.3 Å². The number of hydrogen-bond donors (Lipinski definition) is 2. The Kier molecular flexibility index (Phi) is 8.78. The molecule has 0 heterocycles. The predicted octanol–water partition coefficient (Wildman–Crippen LogP) is 3.85. The molecule has 0 amide bonds. The molecule has 1 rings (SSSR count). The van der Waals surface area contributed by atoms with Gasteiger partial charge in [0.15, 0.2) is 0 Å². The normalized spacial score (nSPS) is 16.3. The zero-order chi connectivity index (χ0) is 16.4. The number of oxime groups is 1. The molecular weight excluding hydrogens is 278 g/mol. The average Bonchev–Trinajstić information content (AvgIpc) is 2.55. The molecule has 4 heteroatoms. The van der Waals surface area contributed by atoms with E-state index in [-0.39, 0.29) is 12.0 Å². The molecule has 1 aromatic carbocycles. The van der Waals surface area contributed by atoms with E-state index in [4.69, 9.17) is 4.74 Å². The van der Waals surface area contributed by atoms with Gasteiger partial charge in [0.1, 0.15) is 11.8 Å². The molecule has 4 nitrogen and oxygen atoms in total. The summed E-state index contributed by atoms with van der Waals surface area (Å²) in [5, 5.41) is 23.3. The molecule has 0 aliphatic rings. The molecule has 0 aliphatic carbocycles. The van der Waals surface area contributed by atoms with Crippen LogP contribution in [0.5, 0.6) is 0 Å². The first-order valence-electron chi connectivity index (χ1n) is 8.22. The lowest BCUT2D eigenvalue weighted by Crippen LogP contribution is -2.37. The van der Waals surface area contributed by atoms with Gasteiger partial charge in [-0.3, -0.25) is 0 Å². The topological polar surface area (TPSA) is 62.0 Å². The lowest BCUT2D eigenvalue weighted by atomic mass is 9.89. The average molecular weight is 307 g/mol. The van der Waals surface area contributed by atoms with Crippen molar-refractivity contribution in [2.75, 3.05) is 6.61 Å². The second-order valence-corrected chi connectivity index (χ2v) is 5.71. The van der Waals surface area contributed by atoms with Crippen LogP contribution in [0, 0.1) is 5.92 Å². The van der Waals surface area contributed by atoms with Gasteiger partial charge < -0.3 is 15.1 Å². The molecule has 2 N–H and O–H groups in total. The van der Waals surface area contributed by atoms with Crippen molar-refractivity contribution < 1.29 is 15.1 Å². The van der Waals surface area contributed by atoms with Crippen molar-refractivity contribution in [2.45, 2.75) is 58.7 Å². The summed E-state index contributed by atoms with van der Waals surface area (Å²) in [6.07, 6.45) is 3.09. The summed E-state index contributed by atoms with van der Waals surface area (Å²) in [7, 11) is 0. The molecule has 3 unspecified atom stereocenters. The van der Waals surface area contributed by atoms with Crippen molar-refractivity contribution in [3.05, 3.63) is 35.9 Å². The van der Waals surface area contributed by atoms with Gasteiger partial charge in [0.25, 0.3) is 0 Å². The van der Waals surface area contributed by atoms with Crippen LogP contribution < -0.4 is 0 Å². The van der Waals surface area contributed by atoms with E-state index in [0.717, 1.165) is 31.2 Å². The van der Waals surface area contributed by atoms with Gasteiger partial charge in [-0.2, -0.15) is 0 Å². The fraction of sp³-hybridized carbons (Fsp3) is 0.611. The van der Waals surface area contributed by atoms with Crippen LogP contribution >= 0.6 is 0 Å². The molecule has 124 valence electrons. The van der Waals surface area contributed by atoms with Crippen LogP contribution in [0.2, 0.25) is 0 Å². The van der Waals surface area contributed by atoms with Gasteiger partial charge in [-0.05, 0) is 12.8 Å². The lowest BCUT2D eigenvalue weighted by molar-refractivity contribution is -0.0188. The Morgan fingerprint density at radius 3 is 2.41 bits per heavy atom. The number of unbranched alkanes of at least 4 members (excludes halogenated alkanes) is 1. The lowest BCUT2D eigenvalue weighted by Gasteiger charge is -2.28. The number of nitrogens with zero attached hydrogens (tertiary/aromatic N) is 1. The van der Waals surface area contributed by atoms with Gasteiger partial charge in [-0.25, -0.2) is 0 Å². The van der Waals surface area contributed by atoms with Crippen LogP contribution in [0.1, 0.15) is 52.0 Å². The molecular formula is C18H29NO3. The monoisotopic (exact) mass is 307 g/mol. The standard InChI is InChI=1S/C18H29NO3/c1-4-6-13-22-16(10-5-2)14(3)18(20)17(19-21)15-11-8-7-9-12-15/h7-9,11-12,14,16,18,20-21H,4-6,10,13H2,1-3H3. The molecule has 0 bridgehead atoms. The number of rotatable bonds is 10. The maximum absolute atomic E-state index is 10.6. The maximum Gasteiger partial charge on any atom is 0.116 e. The number of benzene rings is 1. The fourth-order valence-electron chi connectivity index (χ4n) is 2.51. The molecule has 1 aromatic rings. The molecule has 0 saturated carbocycles. The molecule has 0 aromatic heterocycles. The highest BCUT2D eigenvalue weighted by Crippen LogP contribution is 2.21. The minimum absolute atomic E-state index is 0.0352. The van der Waals surface area contributed by atoms with Crippen molar-refractivity contribution in [1.29, 1.82) is 0 Å². The number of aliphatic hydroxyl groups is 1. The number of hydrogen-bond acceptors (Lipinski definition) is 4. The molecule has 0 fully saturated rings. The Labute approximate surface area is 133 Å². The first-order valence-corrected chi connectivity index (χ1v) is 8.22. The van der Waals surface area contributed by atoms with Gasteiger partial charge in [0.2, 0.25) is 0 Å². The Hall–Kier alpha value is -1.39. The van der Waals surface area contributed by atoms with E-state index in [1.54, 1.807) is 0 Å². The van der Waals surface area contributed by atoms with Crippen LogP contribution in [0.25, 0.3) is 0 Å². The largest absolute Gasteiger partial charge is 0.411 e. The third-order valence-electron chi connectivity index (χ3n) is 3.94. The van der Waals surface area contributed by atoms with Crippen LogP contribution in [0.15, 0.2) is 35.5 Å². The minimum atomic E-state index is -0.856. The Morgan fingerprint density at radius 1 is 1.18 bits per heavy atom. The summed E-state index contributed by atoms with van der Waals surface area (Å²) in [5.41, 5.74) is 1.03. The second-order valence-electron chi connectivity index (χ2n) is 5.71. The fourth-order valence-corrected chi connectivity index (χ4v) is 2.51. The predicted molar refractivity (Wildman–Crippen MR) is 89.5 cm³/mol. The van der Waals surface area contributed by atoms with E-state index in [2.05, 4.69) is 19.0 Å². The molecule has 22 heavy (non-hydrogen) atoms. The Morgan fingerprint density at radius 2 is 1.86 bits per heavy atom. The first kappa shape index (κ1) is 18.7. The minimum Gasteiger partial charge on any atom is -0.411 e. The maximum atomic E-state index is 10.6. The highest BCUT2D eigenvalue weighted by atomic mass is 16.5. The van der Waals surface area contributed by atoms with Gasteiger partial charge in [-0.1, -0.05) is 69.1 Å². The van der Waals surface area contributed by atoms with Crippen LogP contribution in [0.3, 0.4) is 0 Å². The summed E-state index contributed by atoms with van der Waals surface area (Å²) in [4.78, 5) is 0. The molecule has 0 spiro atoms. The van der Waals surface area contributed by atoms with Gasteiger partial charge in [0.05, 0.1) is 6.10 Å². The third kappa shape index (κ3) is 5.43. The molecule has 0 radical (unpaired) electrons. The summed E-state index contributed by atoms with van der Waals surface area (Å²) < 4.78 is 5.94. The highest BCUT2D eigenvalue weighted by molar-refractivity contribution is 6.03. The zero-order valence-corrected chi connectivity index (χ0v) is 13.9. The van der Waals surface area contributed by atoms with Crippen LogP contribution in [-0.2, 0) is 4.74 Å². The smallest absolute Gasteiger partial charge is 0.116 e. The van der Waals surface area contributed by atoms with E-state index in [1.807, 2.05) is 37.3 Å². The highest BCUT2D eigenvalue weighted by Gasteiger charge is 2.29. The molecule has 3 atom stereocenters. The van der Waals surface area contributed by atoms with E-state index >= 15 is 0 Å². The zero-order valence-electron chi connectivity index (χ0n) is 13.9. The summed E-state index contributed by atoms with van der Waals surface area (Å²) in [6.45, 7) is 6.89. The molecule has 0 saturated heterocycles. The van der Waals surface area contributed by atoms with Gasteiger partial charge in [0, 0.05) is 18.1 Å². The van der Waals surface area contributed by atoms with E-state index < -0.39 is 6.10 Å². The Bertz CT molecular complexity index is 433. The third-order valence-corrected chi connectivity index (χ3v) is 3.94. The van der Waals surface area contributed by atoms with Crippen molar-refractivity contribution in [3.63, 3.8) is 0 Å². The SMILES string of the molecule is CCCCOC(CCC)C(C)C(O)C(=NO)c1ccccc1. The summed E-state index contributed by atoms with van der Waals surface area (Å²) >= 11 is 0.